The molecule has 1 aromatic rings. The summed E-state index contributed by atoms with van der Waals surface area (Å²) in [6.45, 7) is 9.82. The second kappa shape index (κ2) is 9.05. The molecule has 10 heteroatoms. The Morgan fingerprint density at radius 1 is 1.17 bits per heavy atom. The Kier molecular flexibility index (Phi) is 7.15. The SMILES string of the molecule is CCOc1cc(B2OC(C)(C)C(C)(C)O2)ccc1C(=O)N[C@@H](CC(=O)O)C(=O)OC. The van der Waals surface area contributed by atoms with Crippen molar-refractivity contribution in [3.8, 4) is 5.75 Å². The van der Waals surface area contributed by atoms with Crippen LogP contribution in [0.3, 0.4) is 0 Å². The van der Waals surface area contributed by atoms with Gasteiger partial charge in [0, 0.05) is 0 Å². The van der Waals surface area contributed by atoms with Crippen molar-refractivity contribution in [3.05, 3.63) is 23.8 Å². The molecule has 1 amide bonds. The number of ether oxygens (including phenoxy) is 2. The van der Waals surface area contributed by atoms with Crippen LogP contribution in [0.4, 0.5) is 0 Å². The molecule has 0 radical (unpaired) electrons. The zero-order chi connectivity index (χ0) is 22.7. The third-order valence-corrected chi connectivity index (χ3v) is 5.25. The molecular formula is C20H28BNO8. The number of carboxylic acid groups (broad SMARTS) is 1. The van der Waals surface area contributed by atoms with Crippen molar-refractivity contribution in [1.29, 1.82) is 0 Å². The molecule has 0 bridgehead atoms. The Hall–Kier alpha value is -2.59. The zero-order valence-corrected chi connectivity index (χ0v) is 18.1. The molecule has 0 saturated carbocycles. The maximum absolute atomic E-state index is 12.7. The van der Waals surface area contributed by atoms with Crippen LogP contribution in [0.2, 0.25) is 0 Å². The van der Waals surface area contributed by atoms with E-state index in [1.165, 1.54) is 6.07 Å². The molecule has 1 saturated heterocycles. The number of rotatable bonds is 8. The maximum atomic E-state index is 12.7. The van der Waals surface area contributed by atoms with Crippen molar-refractivity contribution >= 4 is 30.4 Å². The first-order valence-corrected chi connectivity index (χ1v) is 9.64. The molecule has 9 nitrogen and oxygen atoms in total. The molecular weight excluding hydrogens is 393 g/mol. The molecule has 1 aliphatic rings. The third-order valence-electron chi connectivity index (χ3n) is 5.25. The third kappa shape index (κ3) is 5.12. The molecule has 0 spiro atoms. The van der Waals surface area contributed by atoms with Gasteiger partial charge in [-0.2, -0.15) is 0 Å². The number of carbonyl (C=O) groups is 3. The molecule has 0 aromatic heterocycles. The Morgan fingerprint density at radius 2 is 1.77 bits per heavy atom. The Bertz CT molecular complexity index is 807. The second-order valence-corrected chi connectivity index (χ2v) is 7.92. The number of methoxy groups -OCH3 is 1. The number of aliphatic carboxylic acids is 1. The fourth-order valence-corrected chi connectivity index (χ4v) is 2.87. The van der Waals surface area contributed by atoms with Crippen molar-refractivity contribution in [1.82, 2.24) is 5.32 Å². The number of hydrogen-bond acceptors (Lipinski definition) is 7. The lowest BCUT2D eigenvalue weighted by Gasteiger charge is -2.32. The molecule has 2 rings (SSSR count). The van der Waals surface area contributed by atoms with Gasteiger partial charge >= 0.3 is 19.1 Å². The number of benzene rings is 1. The van der Waals surface area contributed by atoms with Gasteiger partial charge in [0.25, 0.3) is 5.91 Å². The van der Waals surface area contributed by atoms with Crippen LogP contribution in [-0.2, 0) is 23.6 Å². The molecule has 0 aliphatic carbocycles. The molecule has 1 atom stereocenters. The first-order valence-electron chi connectivity index (χ1n) is 9.64. The van der Waals surface area contributed by atoms with Crippen molar-refractivity contribution < 1.29 is 38.3 Å². The van der Waals surface area contributed by atoms with Gasteiger partial charge < -0.3 is 29.2 Å². The van der Waals surface area contributed by atoms with Gasteiger partial charge in [-0.15, -0.1) is 0 Å². The molecule has 1 aromatic carbocycles. The van der Waals surface area contributed by atoms with Crippen LogP contribution >= 0.6 is 0 Å². The topological polar surface area (TPSA) is 120 Å². The lowest BCUT2D eigenvalue weighted by Crippen LogP contribution is -2.43. The Labute approximate surface area is 176 Å². The largest absolute Gasteiger partial charge is 0.494 e. The number of hydrogen-bond donors (Lipinski definition) is 2. The van der Waals surface area contributed by atoms with Gasteiger partial charge in [0.15, 0.2) is 0 Å². The first kappa shape index (κ1) is 23.7. The number of esters is 1. The molecule has 164 valence electrons. The van der Waals surface area contributed by atoms with Crippen molar-refractivity contribution in [3.63, 3.8) is 0 Å². The zero-order valence-electron chi connectivity index (χ0n) is 18.1. The van der Waals surface area contributed by atoms with Gasteiger partial charge in [0.2, 0.25) is 0 Å². The van der Waals surface area contributed by atoms with E-state index in [1.807, 2.05) is 27.7 Å². The van der Waals surface area contributed by atoms with Crippen LogP contribution in [0.15, 0.2) is 18.2 Å². The monoisotopic (exact) mass is 421 g/mol. The first-order chi connectivity index (χ1) is 13.9. The predicted octanol–water partition coefficient (Wildman–Crippen LogP) is 1.13. The van der Waals surface area contributed by atoms with E-state index in [9.17, 15) is 14.4 Å². The standard InChI is InChI=1S/C20H28BNO8/c1-7-28-15-10-12(21-29-19(2,3)20(4,5)30-21)8-9-13(15)17(25)22-14(11-16(23)24)18(26)27-6/h8-10,14H,7,11H2,1-6H3,(H,22,25)(H,23,24)/t14-/m0/s1. The Balaban J connectivity index is 2.29. The smallest absolute Gasteiger partial charge is 0.493 e. The summed E-state index contributed by atoms with van der Waals surface area (Å²) in [5.41, 5.74) is -0.228. The quantitative estimate of drug-likeness (QED) is 0.474. The average molecular weight is 421 g/mol. The molecule has 30 heavy (non-hydrogen) atoms. The van der Waals surface area contributed by atoms with Gasteiger partial charge in [-0.3, -0.25) is 9.59 Å². The van der Waals surface area contributed by atoms with Gasteiger partial charge in [0.05, 0.1) is 36.9 Å². The molecule has 1 fully saturated rings. The summed E-state index contributed by atoms with van der Waals surface area (Å²) in [6.07, 6.45) is -0.603. The van der Waals surface area contributed by atoms with Crippen LogP contribution in [0.25, 0.3) is 0 Å². The normalized spacial score (nSPS) is 17.9. The summed E-state index contributed by atoms with van der Waals surface area (Å²) in [5, 5.41) is 11.4. The molecule has 1 aliphatic heterocycles. The van der Waals surface area contributed by atoms with Crippen molar-refractivity contribution in [2.24, 2.45) is 0 Å². The second-order valence-electron chi connectivity index (χ2n) is 7.92. The number of nitrogens with one attached hydrogen (secondary N) is 1. The van der Waals surface area contributed by atoms with Gasteiger partial charge in [-0.25, -0.2) is 4.79 Å². The summed E-state index contributed by atoms with van der Waals surface area (Å²) < 4.78 is 22.2. The summed E-state index contributed by atoms with van der Waals surface area (Å²) in [6, 6.07) is 3.52. The average Bonchev–Trinajstić information content (AvgIpc) is 2.87. The minimum absolute atomic E-state index is 0.149. The van der Waals surface area contributed by atoms with E-state index in [0.717, 1.165) is 7.11 Å². The summed E-state index contributed by atoms with van der Waals surface area (Å²) in [7, 11) is 0.482. The number of amides is 1. The minimum Gasteiger partial charge on any atom is -0.493 e. The van der Waals surface area contributed by atoms with E-state index in [-0.39, 0.29) is 11.3 Å². The maximum Gasteiger partial charge on any atom is 0.494 e. The van der Waals surface area contributed by atoms with Crippen LogP contribution in [0.5, 0.6) is 5.75 Å². The van der Waals surface area contributed by atoms with Gasteiger partial charge in [0.1, 0.15) is 11.8 Å². The van der Waals surface area contributed by atoms with Crippen molar-refractivity contribution in [2.75, 3.05) is 13.7 Å². The highest BCUT2D eigenvalue weighted by molar-refractivity contribution is 6.62. The molecule has 0 unspecified atom stereocenters. The Morgan fingerprint density at radius 3 is 2.27 bits per heavy atom. The summed E-state index contributed by atoms with van der Waals surface area (Å²) in [5.74, 6) is -2.49. The van der Waals surface area contributed by atoms with E-state index in [1.54, 1.807) is 19.1 Å². The lowest BCUT2D eigenvalue weighted by atomic mass is 9.78. The van der Waals surface area contributed by atoms with Crippen LogP contribution < -0.4 is 15.5 Å². The van der Waals surface area contributed by atoms with E-state index in [4.69, 9.17) is 19.2 Å². The van der Waals surface area contributed by atoms with Gasteiger partial charge in [-0.05, 0) is 52.2 Å². The number of carboxylic acids is 1. The van der Waals surface area contributed by atoms with E-state index < -0.39 is 48.6 Å². The fraction of sp³-hybridized carbons (Fsp3) is 0.550. The minimum atomic E-state index is -1.32. The predicted molar refractivity (Wildman–Crippen MR) is 109 cm³/mol. The highest BCUT2D eigenvalue weighted by Gasteiger charge is 2.51. The van der Waals surface area contributed by atoms with E-state index in [0.29, 0.717) is 12.1 Å². The van der Waals surface area contributed by atoms with E-state index in [2.05, 4.69) is 10.1 Å². The van der Waals surface area contributed by atoms with Crippen LogP contribution in [0, 0.1) is 0 Å². The molecule has 1 heterocycles. The number of carbonyl (C=O) groups excluding carboxylic acids is 2. The molecule has 2 N–H and O–H groups in total. The fourth-order valence-electron chi connectivity index (χ4n) is 2.87. The highest BCUT2D eigenvalue weighted by atomic mass is 16.7. The van der Waals surface area contributed by atoms with Crippen LogP contribution in [0.1, 0.15) is 51.4 Å². The lowest BCUT2D eigenvalue weighted by molar-refractivity contribution is -0.147. The van der Waals surface area contributed by atoms with Crippen LogP contribution in [-0.4, -0.2) is 61.0 Å². The summed E-state index contributed by atoms with van der Waals surface area (Å²) in [4.78, 5) is 35.5. The van der Waals surface area contributed by atoms with Crippen molar-refractivity contribution in [2.45, 2.75) is 58.3 Å². The highest BCUT2D eigenvalue weighted by Crippen LogP contribution is 2.36. The summed E-state index contributed by atoms with van der Waals surface area (Å²) >= 11 is 0. The van der Waals surface area contributed by atoms with Gasteiger partial charge in [-0.1, -0.05) is 6.07 Å². The van der Waals surface area contributed by atoms with E-state index >= 15 is 0 Å².